The molecule has 1 N–H and O–H groups in total. The maximum absolute atomic E-state index is 11.9. The maximum atomic E-state index is 11.9. The number of likely N-dealkylation sites (N-methyl/N-ethyl adjacent to an activating group) is 1. The van der Waals surface area contributed by atoms with E-state index in [1.807, 2.05) is 0 Å². The lowest BCUT2D eigenvalue weighted by Crippen LogP contribution is -2.40. The number of nitrogens with zero attached hydrogens (tertiary/aromatic N) is 1. The number of cyclic esters (lactones) is 1. The number of rotatable bonds is 3. The molecule has 2 rings (SSSR count). The molecule has 1 heterocycles. The van der Waals surface area contributed by atoms with Crippen LogP contribution in [0.3, 0.4) is 0 Å². The summed E-state index contributed by atoms with van der Waals surface area (Å²) in [6.07, 6.45) is -0.485. The summed E-state index contributed by atoms with van der Waals surface area (Å²) in [5.74, 6) is 0.372. The van der Waals surface area contributed by atoms with Crippen LogP contribution in [0.4, 0.5) is 10.5 Å². The Labute approximate surface area is 104 Å². The van der Waals surface area contributed by atoms with E-state index in [4.69, 9.17) is 9.47 Å². The average Bonchev–Trinajstić information content (AvgIpc) is 2.70. The molecule has 6 nitrogen and oxygen atoms in total. The van der Waals surface area contributed by atoms with Crippen molar-refractivity contribution >= 4 is 17.7 Å². The van der Waals surface area contributed by atoms with Gasteiger partial charge in [-0.25, -0.2) is 4.79 Å². The molecule has 1 aliphatic rings. The van der Waals surface area contributed by atoms with Crippen LogP contribution in [0.25, 0.3) is 0 Å². The molecule has 96 valence electrons. The van der Waals surface area contributed by atoms with Crippen LogP contribution in [0, 0.1) is 0 Å². The molecule has 0 spiro atoms. The number of anilines is 1. The fourth-order valence-corrected chi connectivity index (χ4v) is 1.67. The SMILES string of the molecule is COc1cccc(NC(=O)C2COC(=O)N2C)c1. The van der Waals surface area contributed by atoms with Crippen LogP contribution in [0.1, 0.15) is 0 Å². The molecule has 1 fully saturated rings. The Morgan fingerprint density at radius 2 is 2.33 bits per heavy atom. The molecule has 6 heteroatoms. The van der Waals surface area contributed by atoms with E-state index < -0.39 is 12.1 Å². The van der Waals surface area contributed by atoms with Crippen LogP contribution < -0.4 is 10.1 Å². The summed E-state index contributed by atoms with van der Waals surface area (Å²) < 4.78 is 9.84. The van der Waals surface area contributed by atoms with Gasteiger partial charge in [0, 0.05) is 18.8 Å². The van der Waals surface area contributed by atoms with Crippen molar-refractivity contribution in [1.82, 2.24) is 4.90 Å². The molecule has 1 aliphatic heterocycles. The number of ether oxygens (including phenoxy) is 2. The quantitative estimate of drug-likeness (QED) is 0.871. The third-order valence-electron chi connectivity index (χ3n) is 2.76. The standard InChI is InChI=1S/C12H14N2O4/c1-14-10(7-18-12(14)16)11(15)13-8-4-3-5-9(6-8)17-2/h3-6,10H,7H2,1-2H3,(H,13,15). The van der Waals surface area contributed by atoms with Gasteiger partial charge in [0.2, 0.25) is 0 Å². The van der Waals surface area contributed by atoms with Gasteiger partial charge in [0.05, 0.1) is 7.11 Å². The summed E-state index contributed by atoms with van der Waals surface area (Å²) in [4.78, 5) is 24.4. The van der Waals surface area contributed by atoms with Gasteiger partial charge >= 0.3 is 6.09 Å². The van der Waals surface area contributed by atoms with Gasteiger partial charge in [-0.2, -0.15) is 0 Å². The van der Waals surface area contributed by atoms with E-state index >= 15 is 0 Å². The predicted octanol–water partition coefficient (Wildman–Crippen LogP) is 1.08. The molecular formula is C12H14N2O4. The van der Waals surface area contributed by atoms with E-state index in [2.05, 4.69) is 5.32 Å². The van der Waals surface area contributed by atoms with Crippen LogP contribution in [0.5, 0.6) is 5.75 Å². The van der Waals surface area contributed by atoms with E-state index in [0.717, 1.165) is 0 Å². The van der Waals surface area contributed by atoms with Gasteiger partial charge < -0.3 is 14.8 Å². The molecule has 1 aromatic carbocycles. The molecule has 0 bridgehead atoms. The fourth-order valence-electron chi connectivity index (χ4n) is 1.67. The zero-order valence-electron chi connectivity index (χ0n) is 10.2. The lowest BCUT2D eigenvalue weighted by Gasteiger charge is -2.15. The number of carbonyl (C=O) groups is 2. The molecule has 1 unspecified atom stereocenters. The minimum absolute atomic E-state index is 0.0745. The van der Waals surface area contributed by atoms with Crippen molar-refractivity contribution < 1.29 is 19.1 Å². The van der Waals surface area contributed by atoms with Crippen molar-refractivity contribution in [3.8, 4) is 5.75 Å². The molecule has 1 saturated heterocycles. The highest BCUT2D eigenvalue weighted by Crippen LogP contribution is 2.18. The van der Waals surface area contributed by atoms with Gasteiger partial charge in [0.15, 0.2) is 0 Å². The molecule has 0 aromatic heterocycles. The van der Waals surface area contributed by atoms with E-state index in [0.29, 0.717) is 11.4 Å². The summed E-state index contributed by atoms with van der Waals surface area (Å²) in [6, 6.07) is 6.41. The molecule has 2 amide bonds. The first-order chi connectivity index (χ1) is 8.61. The fraction of sp³-hybridized carbons (Fsp3) is 0.333. The Morgan fingerprint density at radius 3 is 2.94 bits per heavy atom. The summed E-state index contributed by atoms with van der Waals surface area (Å²) >= 11 is 0. The third kappa shape index (κ3) is 2.37. The number of amides is 2. The van der Waals surface area contributed by atoms with Crippen molar-refractivity contribution in [3.05, 3.63) is 24.3 Å². The van der Waals surface area contributed by atoms with E-state index in [1.165, 1.54) is 11.9 Å². The second-order valence-electron chi connectivity index (χ2n) is 3.92. The van der Waals surface area contributed by atoms with Gasteiger partial charge in [-0.15, -0.1) is 0 Å². The smallest absolute Gasteiger partial charge is 0.410 e. The largest absolute Gasteiger partial charge is 0.497 e. The summed E-state index contributed by atoms with van der Waals surface area (Å²) in [5, 5.41) is 2.72. The van der Waals surface area contributed by atoms with Gasteiger partial charge in [-0.05, 0) is 12.1 Å². The van der Waals surface area contributed by atoms with Crippen LogP contribution >= 0.6 is 0 Å². The zero-order chi connectivity index (χ0) is 13.1. The number of nitrogens with one attached hydrogen (secondary N) is 1. The highest BCUT2D eigenvalue weighted by Gasteiger charge is 2.35. The summed E-state index contributed by atoms with van der Waals surface area (Å²) in [6.45, 7) is 0.0745. The van der Waals surface area contributed by atoms with Crippen molar-refractivity contribution in [2.45, 2.75) is 6.04 Å². The van der Waals surface area contributed by atoms with Gasteiger partial charge in [0.25, 0.3) is 5.91 Å². The first kappa shape index (κ1) is 12.2. The number of hydrogen-bond acceptors (Lipinski definition) is 4. The predicted molar refractivity (Wildman–Crippen MR) is 64.5 cm³/mol. The molecule has 1 atom stereocenters. The molecule has 0 radical (unpaired) electrons. The minimum atomic E-state index is -0.594. The van der Waals surface area contributed by atoms with Crippen molar-refractivity contribution in [3.63, 3.8) is 0 Å². The first-order valence-corrected chi connectivity index (χ1v) is 5.46. The number of benzene rings is 1. The number of methoxy groups -OCH3 is 1. The molecular weight excluding hydrogens is 236 g/mol. The van der Waals surface area contributed by atoms with E-state index in [1.54, 1.807) is 31.4 Å². The van der Waals surface area contributed by atoms with E-state index in [9.17, 15) is 9.59 Å². The Morgan fingerprint density at radius 1 is 1.56 bits per heavy atom. The van der Waals surface area contributed by atoms with Crippen molar-refractivity contribution in [1.29, 1.82) is 0 Å². The van der Waals surface area contributed by atoms with E-state index in [-0.39, 0.29) is 12.5 Å². The molecule has 0 aliphatic carbocycles. The lowest BCUT2D eigenvalue weighted by molar-refractivity contribution is -0.119. The topological polar surface area (TPSA) is 67.9 Å². The summed E-state index contributed by atoms with van der Waals surface area (Å²) in [5.41, 5.74) is 0.618. The Kier molecular flexibility index (Phi) is 3.36. The number of hydrogen-bond donors (Lipinski definition) is 1. The molecule has 1 aromatic rings. The van der Waals surface area contributed by atoms with Crippen molar-refractivity contribution in [2.24, 2.45) is 0 Å². The second kappa shape index (κ2) is 4.95. The molecule has 18 heavy (non-hydrogen) atoms. The monoisotopic (exact) mass is 250 g/mol. The van der Waals surface area contributed by atoms with Crippen LogP contribution in [0.2, 0.25) is 0 Å². The maximum Gasteiger partial charge on any atom is 0.410 e. The first-order valence-electron chi connectivity index (χ1n) is 5.46. The average molecular weight is 250 g/mol. The second-order valence-corrected chi connectivity index (χ2v) is 3.92. The van der Waals surface area contributed by atoms with Gasteiger partial charge in [-0.3, -0.25) is 9.69 Å². The Balaban J connectivity index is 2.05. The van der Waals surface area contributed by atoms with Gasteiger partial charge in [-0.1, -0.05) is 6.07 Å². The lowest BCUT2D eigenvalue weighted by atomic mass is 10.2. The third-order valence-corrected chi connectivity index (χ3v) is 2.76. The van der Waals surface area contributed by atoms with Crippen LogP contribution in [-0.2, 0) is 9.53 Å². The molecule has 0 saturated carbocycles. The zero-order valence-corrected chi connectivity index (χ0v) is 10.2. The number of carbonyl (C=O) groups excluding carboxylic acids is 2. The minimum Gasteiger partial charge on any atom is -0.497 e. The highest BCUT2D eigenvalue weighted by atomic mass is 16.6. The summed E-state index contributed by atoms with van der Waals surface area (Å²) in [7, 11) is 3.09. The Bertz CT molecular complexity index is 475. The Hall–Kier alpha value is -2.24. The van der Waals surface area contributed by atoms with Gasteiger partial charge in [0.1, 0.15) is 18.4 Å². The normalized spacial score (nSPS) is 18.4. The van der Waals surface area contributed by atoms with Crippen LogP contribution in [0.15, 0.2) is 24.3 Å². The highest BCUT2D eigenvalue weighted by molar-refractivity contribution is 5.97. The van der Waals surface area contributed by atoms with Crippen molar-refractivity contribution in [2.75, 3.05) is 26.1 Å². The van der Waals surface area contributed by atoms with Crippen LogP contribution in [-0.4, -0.2) is 43.7 Å².